The predicted octanol–water partition coefficient (Wildman–Crippen LogP) is 2.91. The van der Waals surface area contributed by atoms with Gasteiger partial charge in [-0.2, -0.15) is 0 Å². The number of aliphatic hydroxyl groups is 1. The third-order valence-electron chi connectivity index (χ3n) is 3.21. The first-order valence-electron chi connectivity index (χ1n) is 7.82. The lowest BCUT2D eigenvalue weighted by molar-refractivity contribution is 0.112. The number of thiophene rings is 1. The summed E-state index contributed by atoms with van der Waals surface area (Å²) in [6, 6.07) is 9.65. The van der Waals surface area contributed by atoms with E-state index in [0.717, 1.165) is 15.0 Å². The number of hydrogen-bond donors (Lipinski definition) is 3. The Hall–Kier alpha value is -1.63. The van der Waals surface area contributed by atoms with E-state index in [1.165, 1.54) is 0 Å². The van der Waals surface area contributed by atoms with E-state index in [-0.39, 0.29) is 12.6 Å². The number of nitrogens with one attached hydrogen (secondary N) is 2. The Balaban J connectivity index is 1.69. The van der Waals surface area contributed by atoms with Gasteiger partial charge in [0.05, 0.1) is 13.2 Å². The summed E-state index contributed by atoms with van der Waals surface area (Å²) in [5, 5.41) is 16.7. The van der Waals surface area contributed by atoms with Gasteiger partial charge in [0.1, 0.15) is 6.10 Å². The molecule has 0 aliphatic heterocycles. The van der Waals surface area contributed by atoms with Gasteiger partial charge in [0.2, 0.25) is 0 Å². The molecule has 0 radical (unpaired) electrons. The van der Waals surface area contributed by atoms with Crippen LogP contribution in [0.4, 0.5) is 4.79 Å². The van der Waals surface area contributed by atoms with E-state index < -0.39 is 6.10 Å². The zero-order valence-electron chi connectivity index (χ0n) is 13.5. The van der Waals surface area contributed by atoms with Gasteiger partial charge in [-0.3, -0.25) is 0 Å². The fourth-order valence-electron chi connectivity index (χ4n) is 2.07. The van der Waals surface area contributed by atoms with Gasteiger partial charge in [0, 0.05) is 22.7 Å². The summed E-state index contributed by atoms with van der Waals surface area (Å²) in [7, 11) is 0. The number of carbonyl (C=O) groups excluding carboxylic acids is 1. The number of carbonyl (C=O) groups is 1. The van der Waals surface area contributed by atoms with Crippen LogP contribution >= 0.6 is 11.3 Å². The monoisotopic (exact) mass is 336 g/mol. The third-order valence-corrected chi connectivity index (χ3v) is 4.43. The molecule has 23 heavy (non-hydrogen) atoms. The summed E-state index contributed by atoms with van der Waals surface area (Å²) >= 11 is 1.54. The minimum Gasteiger partial charge on any atom is -0.386 e. The van der Waals surface area contributed by atoms with Crippen LogP contribution in [0.3, 0.4) is 0 Å². The second-order valence-electron chi connectivity index (χ2n) is 5.81. The lowest BCUT2D eigenvalue weighted by Crippen LogP contribution is -2.39. The molecule has 0 aliphatic carbocycles. The summed E-state index contributed by atoms with van der Waals surface area (Å²) in [4.78, 5) is 12.5. The average Bonchev–Trinajstić information content (AvgIpc) is 2.96. The molecule has 0 spiro atoms. The summed E-state index contributed by atoms with van der Waals surface area (Å²) in [6.45, 7) is 5.98. The van der Waals surface area contributed by atoms with Crippen LogP contribution < -0.4 is 10.6 Å². The van der Waals surface area contributed by atoms with Gasteiger partial charge >= 0.3 is 6.03 Å². The molecule has 1 heterocycles. The Morgan fingerprint density at radius 1 is 1.30 bits per heavy atom. The van der Waals surface area contributed by atoms with Crippen molar-refractivity contribution >= 4 is 27.5 Å². The summed E-state index contributed by atoms with van der Waals surface area (Å²) in [5.74, 6) is 0.486. The lowest BCUT2D eigenvalue weighted by atomic mass is 10.2. The maximum Gasteiger partial charge on any atom is 0.314 e. The maximum absolute atomic E-state index is 11.7. The van der Waals surface area contributed by atoms with E-state index in [1.54, 1.807) is 11.3 Å². The normalized spacial score (nSPS) is 12.5. The molecule has 2 amide bonds. The molecule has 0 saturated heterocycles. The molecule has 0 fully saturated rings. The molecular formula is C17H24N2O3S. The SMILES string of the molecule is CC(C)COCCNC(=O)NCC(O)c1cc2ccccc2s1. The fraction of sp³-hybridized carbons (Fsp3) is 0.471. The highest BCUT2D eigenvalue weighted by atomic mass is 32.1. The number of rotatable bonds is 8. The molecule has 0 saturated carbocycles. The minimum absolute atomic E-state index is 0.186. The van der Waals surface area contributed by atoms with Crippen molar-refractivity contribution in [3.05, 3.63) is 35.2 Å². The van der Waals surface area contributed by atoms with Crippen molar-refractivity contribution in [2.75, 3.05) is 26.3 Å². The number of fused-ring (bicyclic) bond motifs is 1. The minimum atomic E-state index is -0.699. The van der Waals surface area contributed by atoms with Crippen LogP contribution in [-0.2, 0) is 4.74 Å². The zero-order chi connectivity index (χ0) is 16.7. The van der Waals surface area contributed by atoms with Crippen LogP contribution in [0.15, 0.2) is 30.3 Å². The first-order chi connectivity index (χ1) is 11.1. The second-order valence-corrected chi connectivity index (χ2v) is 6.92. The number of hydrogen-bond acceptors (Lipinski definition) is 4. The molecule has 6 heteroatoms. The number of ether oxygens (including phenoxy) is 1. The second kappa shape index (κ2) is 8.86. The van der Waals surface area contributed by atoms with E-state index in [0.29, 0.717) is 25.7 Å². The van der Waals surface area contributed by atoms with Gasteiger partial charge in [-0.1, -0.05) is 32.0 Å². The van der Waals surface area contributed by atoms with E-state index in [4.69, 9.17) is 4.74 Å². The Kier molecular flexibility index (Phi) is 6.83. The van der Waals surface area contributed by atoms with Crippen LogP contribution in [0, 0.1) is 5.92 Å². The van der Waals surface area contributed by atoms with E-state index in [9.17, 15) is 9.90 Å². The van der Waals surface area contributed by atoms with Gasteiger partial charge in [-0.05, 0) is 23.4 Å². The molecule has 0 bridgehead atoms. The Morgan fingerprint density at radius 2 is 2.09 bits per heavy atom. The van der Waals surface area contributed by atoms with Crippen molar-refractivity contribution in [1.29, 1.82) is 0 Å². The van der Waals surface area contributed by atoms with Gasteiger partial charge < -0.3 is 20.5 Å². The highest BCUT2D eigenvalue weighted by Gasteiger charge is 2.12. The Morgan fingerprint density at radius 3 is 2.83 bits per heavy atom. The number of urea groups is 1. The molecule has 2 rings (SSSR count). The van der Waals surface area contributed by atoms with Gasteiger partial charge in [-0.25, -0.2) is 4.79 Å². The lowest BCUT2D eigenvalue weighted by Gasteiger charge is -2.12. The summed E-state index contributed by atoms with van der Waals surface area (Å²) in [6.07, 6.45) is -0.699. The average molecular weight is 336 g/mol. The van der Waals surface area contributed by atoms with Crippen LogP contribution in [-0.4, -0.2) is 37.4 Å². The van der Waals surface area contributed by atoms with Crippen molar-refractivity contribution < 1.29 is 14.6 Å². The molecule has 1 aromatic heterocycles. The standard InChI is InChI=1S/C17H24N2O3S/c1-12(2)11-22-8-7-18-17(21)19-10-14(20)16-9-13-5-3-4-6-15(13)23-16/h3-6,9,12,14,20H,7-8,10-11H2,1-2H3,(H2,18,19,21). The Labute approximate surface area is 140 Å². The molecule has 1 unspecified atom stereocenters. The number of aliphatic hydroxyl groups excluding tert-OH is 1. The highest BCUT2D eigenvalue weighted by Crippen LogP contribution is 2.29. The number of benzene rings is 1. The van der Waals surface area contributed by atoms with Crippen LogP contribution in [0.5, 0.6) is 0 Å². The summed E-state index contributed by atoms with van der Waals surface area (Å²) in [5.41, 5.74) is 0. The quantitative estimate of drug-likeness (QED) is 0.649. The molecule has 0 aliphatic rings. The Bertz CT molecular complexity index is 594. The van der Waals surface area contributed by atoms with Crippen molar-refractivity contribution in [3.63, 3.8) is 0 Å². The maximum atomic E-state index is 11.7. The molecule has 126 valence electrons. The topological polar surface area (TPSA) is 70.6 Å². The van der Waals surface area contributed by atoms with Crippen molar-refractivity contribution in [1.82, 2.24) is 10.6 Å². The van der Waals surface area contributed by atoms with Crippen molar-refractivity contribution in [3.8, 4) is 0 Å². The van der Waals surface area contributed by atoms with Gasteiger partial charge in [0.15, 0.2) is 0 Å². The predicted molar refractivity (Wildman–Crippen MR) is 93.8 cm³/mol. The van der Waals surface area contributed by atoms with Crippen LogP contribution in [0.2, 0.25) is 0 Å². The highest BCUT2D eigenvalue weighted by molar-refractivity contribution is 7.19. The molecule has 1 atom stereocenters. The van der Waals surface area contributed by atoms with Crippen molar-refractivity contribution in [2.24, 2.45) is 5.92 Å². The van der Waals surface area contributed by atoms with Crippen LogP contribution in [0.25, 0.3) is 10.1 Å². The van der Waals surface area contributed by atoms with Gasteiger partial charge in [-0.15, -0.1) is 11.3 Å². The van der Waals surface area contributed by atoms with E-state index >= 15 is 0 Å². The number of amides is 2. The zero-order valence-corrected chi connectivity index (χ0v) is 14.4. The van der Waals surface area contributed by atoms with Gasteiger partial charge in [0.25, 0.3) is 0 Å². The fourth-order valence-corrected chi connectivity index (χ4v) is 3.13. The first-order valence-corrected chi connectivity index (χ1v) is 8.64. The largest absolute Gasteiger partial charge is 0.386 e. The summed E-state index contributed by atoms with van der Waals surface area (Å²) < 4.78 is 6.52. The first kappa shape index (κ1) is 17.7. The molecule has 3 N–H and O–H groups in total. The molecule has 2 aromatic rings. The molecular weight excluding hydrogens is 312 g/mol. The smallest absolute Gasteiger partial charge is 0.314 e. The van der Waals surface area contributed by atoms with Crippen LogP contribution in [0.1, 0.15) is 24.8 Å². The molecule has 1 aromatic carbocycles. The van der Waals surface area contributed by atoms with Crippen molar-refractivity contribution in [2.45, 2.75) is 20.0 Å². The van der Waals surface area contributed by atoms with E-state index in [2.05, 4.69) is 24.5 Å². The van der Waals surface area contributed by atoms with E-state index in [1.807, 2.05) is 30.3 Å². The third kappa shape index (κ3) is 5.82. The molecule has 5 nitrogen and oxygen atoms in total.